The van der Waals surface area contributed by atoms with Crippen molar-refractivity contribution in [1.29, 1.82) is 0 Å². The number of hydrogen-bond acceptors (Lipinski definition) is 6. The van der Waals surface area contributed by atoms with Gasteiger partial charge in [0.2, 0.25) is 10.4 Å². The van der Waals surface area contributed by atoms with Gasteiger partial charge in [-0.05, 0) is 5.57 Å². The number of aromatic amines is 1. The molecule has 1 aromatic rings. The first-order chi connectivity index (χ1) is 8.94. The summed E-state index contributed by atoms with van der Waals surface area (Å²) in [7, 11) is -4.97. The van der Waals surface area contributed by atoms with E-state index >= 15 is 0 Å². The van der Waals surface area contributed by atoms with E-state index in [9.17, 15) is 17.8 Å². The molecule has 0 aromatic carbocycles. The van der Waals surface area contributed by atoms with Crippen molar-refractivity contribution in [2.75, 3.05) is 13.1 Å². The largest absolute Gasteiger partial charge is 1.00 e. The molecule has 1 fully saturated rings. The van der Waals surface area contributed by atoms with Crippen LogP contribution in [0.1, 0.15) is 5.56 Å². The molecule has 2 amide bonds. The summed E-state index contributed by atoms with van der Waals surface area (Å²) in [5.74, 6) is 0. The van der Waals surface area contributed by atoms with Crippen LogP contribution in [0.4, 0.5) is 4.79 Å². The SMILES string of the molecule is O=C1N2CC(c3cn[nH]c3)=CC(C2)N1OS(=O)(=O)[O-].[Na+]. The Morgan fingerprint density at radius 1 is 1.50 bits per heavy atom. The predicted molar refractivity (Wildman–Crippen MR) is 59.9 cm³/mol. The molecule has 0 aliphatic carbocycles. The molecular weight excluding hydrogens is 299 g/mol. The van der Waals surface area contributed by atoms with Crippen molar-refractivity contribution >= 4 is 22.0 Å². The molecule has 2 aliphatic heterocycles. The molecule has 1 aromatic heterocycles. The van der Waals surface area contributed by atoms with Crippen LogP contribution < -0.4 is 29.6 Å². The maximum atomic E-state index is 11.8. The van der Waals surface area contributed by atoms with Crippen LogP contribution in [-0.4, -0.2) is 58.3 Å². The number of H-pyrrole nitrogens is 1. The van der Waals surface area contributed by atoms with Gasteiger partial charge >= 0.3 is 35.6 Å². The van der Waals surface area contributed by atoms with E-state index in [1.165, 1.54) is 4.90 Å². The van der Waals surface area contributed by atoms with E-state index < -0.39 is 22.5 Å². The maximum absolute atomic E-state index is 11.8. The van der Waals surface area contributed by atoms with Gasteiger partial charge in [0.25, 0.3) is 0 Å². The number of fused-ring (bicyclic) bond motifs is 2. The second-order valence-corrected chi connectivity index (χ2v) is 5.18. The van der Waals surface area contributed by atoms with E-state index in [-0.39, 0.29) is 36.1 Å². The van der Waals surface area contributed by atoms with E-state index in [0.29, 0.717) is 11.6 Å². The van der Waals surface area contributed by atoms with Crippen molar-refractivity contribution in [2.24, 2.45) is 0 Å². The van der Waals surface area contributed by atoms with E-state index in [4.69, 9.17) is 0 Å². The average Bonchev–Trinajstić information content (AvgIpc) is 2.92. The zero-order valence-corrected chi connectivity index (χ0v) is 13.3. The topological polar surface area (TPSA) is 119 Å². The molecule has 1 atom stereocenters. The van der Waals surface area contributed by atoms with Crippen molar-refractivity contribution in [3.63, 3.8) is 0 Å². The van der Waals surface area contributed by atoms with E-state index in [0.717, 1.165) is 11.1 Å². The van der Waals surface area contributed by atoms with Crippen LogP contribution in [-0.2, 0) is 14.7 Å². The Kier molecular flexibility index (Phi) is 4.23. The molecule has 1 N–H and O–H groups in total. The Balaban J connectivity index is 0.00000147. The van der Waals surface area contributed by atoms with Gasteiger partial charge in [-0.2, -0.15) is 14.4 Å². The van der Waals surface area contributed by atoms with Gasteiger partial charge in [-0.3, -0.25) is 5.10 Å². The summed E-state index contributed by atoms with van der Waals surface area (Å²) in [5, 5.41) is 7.05. The van der Waals surface area contributed by atoms with Crippen LogP contribution in [0.25, 0.3) is 5.57 Å². The van der Waals surface area contributed by atoms with Crippen LogP contribution in [0.2, 0.25) is 0 Å². The molecule has 1 unspecified atom stereocenters. The number of nitrogens with one attached hydrogen (secondary N) is 1. The van der Waals surface area contributed by atoms with E-state index in [2.05, 4.69) is 14.5 Å². The minimum absolute atomic E-state index is 0. The van der Waals surface area contributed by atoms with E-state index in [1.54, 1.807) is 18.5 Å². The molecular formula is C9H9N4NaO5S. The van der Waals surface area contributed by atoms with E-state index in [1.807, 2.05) is 0 Å². The fraction of sp³-hybridized carbons (Fsp3) is 0.333. The number of carbonyl (C=O) groups is 1. The number of rotatable bonds is 3. The molecule has 9 nitrogen and oxygen atoms in total. The maximum Gasteiger partial charge on any atom is 1.00 e. The zero-order valence-electron chi connectivity index (χ0n) is 10.5. The molecule has 11 heteroatoms. The summed E-state index contributed by atoms with van der Waals surface area (Å²) < 4.78 is 36.0. The number of carbonyl (C=O) groups excluding carboxylic acids is 1. The molecule has 20 heavy (non-hydrogen) atoms. The summed E-state index contributed by atoms with van der Waals surface area (Å²) in [6, 6.07) is -1.24. The third kappa shape index (κ3) is 2.90. The number of nitrogens with zero attached hydrogens (tertiary/aromatic N) is 3. The molecule has 2 bridgehead atoms. The van der Waals surface area contributed by atoms with Crippen molar-refractivity contribution in [1.82, 2.24) is 20.2 Å². The monoisotopic (exact) mass is 308 g/mol. The fourth-order valence-corrected chi connectivity index (χ4v) is 2.57. The normalized spacial score (nSPS) is 21.8. The number of hydroxylamine groups is 2. The first-order valence-electron chi connectivity index (χ1n) is 5.37. The summed E-state index contributed by atoms with van der Waals surface area (Å²) in [6.45, 7) is 0.601. The number of hydrogen-bond donors (Lipinski definition) is 1. The molecule has 2 aliphatic rings. The minimum Gasteiger partial charge on any atom is -0.724 e. The molecule has 0 radical (unpaired) electrons. The third-order valence-corrected chi connectivity index (χ3v) is 3.31. The standard InChI is InChI=1S/C9H10N4O5S.Na/c14-9-12-4-6(7-2-10-11-3-7)1-8(5-12)13(9)18-19(15,16)17;/h1-3,8H,4-5H2,(H,10,11)(H,15,16,17);/q;+1/p-1. The van der Waals surface area contributed by atoms with Gasteiger partial charge in [-0.15, -0.1) is 0 Å². The van der Waals surface area contributed by atoms with Crippen LogP contribution in [0.5, 0.6) is 0 Å². The van der Waals surface area contributed by atoms with Gasteiger partial charge in [0, 0.05) is 24.8 Å². The second-order valence-electron chi connectivity index (χ2n) is 4.22. The Morgan fingerprint density at radius 2 is 2.25 bits per heavy atom. The smallest absolute Gasteiger partial charge is 0.724 e. The van der Waals surface area contributed by atoms with Crippen LogP contribution in [0.15, 0.2) is 18.5 Å². The fourth-order valence-electron chi connectivity index (χ4n) is 2.20. The molecule has 1 saturated heterocycles. The first kappa shape index (κ1) is 15.5. The van der Waals surface area contributed by atoms with Crippen molar-refractivity contribution < 1.29 is 51.6 Å². The van der Waals surface area contributed by atoms with Gasteiger partial charge in [0.15, 0.2) is 0 Å². The minimum atomic E-state index is -4.97. The number of amides is 2. The van der Waals surface area contributed by atoms with Gasteiger partial charge in [0.05, 0.1) is 12.2 Å². The van der Waals surface area contributed by atoms with Gasteiger partial charge in [-0.1, -0.05) is 6.08 Å². The average molecular weight is 308 g/mol. The quantitative estimate of drug-likeness (QED) is 0.349. The summed E-state index contributed by atoms with van der Waals surface area (Å²) in [6.07, 6.45) is 4.95. The molecule has 0 spiro atoms. The Morgan fingerprint density at radius 3 is 2.85 bits per heavy atom. The van der Waals surface area contributed by atoms with Crippen molar-refractivity contribution in [2.45, 2.75) is 6.04 Å². The van der Waals surface area contributed by atoms with Crippen LogP contribution in [0, 0.1) is 0 Å². The molecule has 0 saturated carbocycles. The van der Waals surface area contributed by atoms with Crippen LogP contribution >= 0.6 is 0 Å². The van der Waals surface area contributed by atoms with Gasteiger partial charge in [0.1, 0.15) is 0 Å². The first-order valence-corrected chi connectivity index (χ1v) is 6.71. The predicted octanol–water partition coefficient (Wildman–Crippen LogP) is -3.69. The molecule has 102 valence electrons. The Hall–Kier alpha value is -0.910. The summed E-state index contributed by atoms with van der Waals surface area (Å²) in [5.41, 5.74) is 1.61. The van der Waals surface area contributed by atoms with Gasteiger partial charge < -0.3 is 9.45 Å². The van der Waals surface area contributed by atoms with Crippen LogP contribution in [0.3, 0.4) is 0 Å². The second kappa shape index (κ2) is 5.47. The molecule has 3 rings (SSSR count). The Labute approximate surface area is 136 Å². The van der Waals surface area contributed by atoms with Crippen molar-refractivity contribution in [3.8, 4) is 0 Å². The zero-order chi connectivity index (χ0) is 13.6. The van der Waals surface area contributed by atoms with Crippen molar-refractivity contribution in [3.05, 3.63) is 24.0 Å². The molecule has 3 heterocycles. The van der Waals surface area contributed by atoms with Gasteiger partial charge in [-0.25, -0.2) is 13.2 Å². The number of urea groups is 1. The summed E-state index contributed by atoms with van der Waals surface area (Å²) in [4.78, 5) is 13.2. The summed E-state index contributed by atoms with van der Waals surface area (Å²) >= 11 is 0. The third-order valence-electron chi connectivity index (χ3n) is 2.96. The Bertz CT molecular complexity index is 643. The number of aromatic nitrogens is 2.